The third kappa shape index (κ3) is 6.11. The Balaban J connectivity index is 2.30. The third-order valence-electron chi connectivity index (χ3n) is 3.67. The number of likely N-dealkylation sites (N-methyl/N-ethyl adjacent to an activating group) is 2. The fourth-order valence-corrected chi connectivity index (χ4v) is 2.31. The molecule has 0 aliphatic heterocycles. The van der Waals surface area contributed by atoms with Gasteiger partial charge >= 0.3 is 0 Å². The van der Waals surface area contributed by atoms with Crippen LogP contribution in [0.1, 0.15) is 32.3 Å². The van der Waals surface area contributed by atoms with Crippen molar-refractivity contribution in [2.24, 2.45) is 5.92 Å². The molecule has 0 amide bonds. The molecule has 0 spiro atoms. The normalized spacial score (nSPS) is 11.3. The highest BCUT2D eigenvalue weighted by Crippen LogP contribution is 2.17. The van der Waals surface area contributed by atoms with Crippen molar-refractivity contribution in [3.63, 3.8) is 0 Å². The Kier molecular flexibility index (Phi) is 6.93. The predicted octanol–water partition coefficient (Wildman–Crippen LogP) is 3.80. The summed E-state index contributed by atoms with van der Waals surface area (Å²) in [6.45, 7) is 10.2. The van der Waals surface area contributed by atoms with E-state index >= 15 is 0 Å². The van der Waals surface area contributed by atoms with E-state index in [1.54, 1.807) is 0 Å². The number of nitrogens with zero attached hydrogens (tertiary/aromatic N) is 2. The summed E-state index contributed by atoms with van der Waals surface area (Å²) in [5, 5.41) is 0. The maximum atomic E-state index is 2.44. The second-order valence-corrected chi connectivity index (χ2v) is 6.05. The predicted molar refractivity (Wildman–Crippen MR) is 86.0 cm³/mol. The largest absolute Gasteiger partial charge is 0.373 e. The molecule has 0 saturated heterocycles. The number of hydrogen-bond donors (Lipinski definition) is 0. The maximum absolute atomic E-state index is 2.44. The molecule has 0 aliphatic rings. The Labute approximate surface area is 119 Å². The van der Waals surface area contributed by atoms with Crippen molar-refractivity contribution in [2.75, 3.05) is 38.6 Å². The van der Waals surface area contributed by atoms with Crippen LogP contribution in [0.4, 0.5) is 5.69 Å². The van der Waals surface area contributed by atoms with E-state index in [0.717, 1.165) is 19.0 Å². The molecule has 2 nitrogen and oxygen atoms in total. The molecule has 0 saturated carbocycles. The minimum atomic E-state index is 0.822. The van der Waals surface area contributed by atoms with E-state index in [9.17, 15) is 0 Å². The first kappa shape index (κ1) is 16.0. The van der Waals surface area contributed by atoms with Gasteiger partial charge in [0.1, 0.15) is 0 Å². The maximum Gasteiger partial charge on any atom is 0.0393 e. The van der Waals surface area contributed by atoms with E-state index in [1.165, 1.54) is 30.6 Å². The quantitative estimate of drug-likeness (QED) is 0.703. The molecule has 19 heavy (non-hydrogen) atoms. The van der Waals surface area contributed by atoms with Gasteiger partial charge in [-0.1, -0.05) is 32.0 Å². The Morgan fingerprint density at radius 1 is 1.00 bits per heavy atom. The minimum absolute atomic E-state index is 0.822. The Morgan fingerprint density at radius 3 is 2.32 bits per heavy atom. The van der Waals surface area contributed by atoms with Gasteiger partial charge in [-0.25, -0.2) is 0 Å². The van der Waals surface area contributed by atoms with E-state index in [1.807, 2.05) is 0 Å². The summed E-state index contributed by atoms with van der Waals surface area (Å²) >= 11 is 0. The fraction of sp³-hybridized carbons (Fsp3) is 0.647. The zero-order chi connectivity index (χ0) is 14.3. The summed E-state index contributed by atoms with van der Waals surface area (Å²) in [7, 11) is 4.41. The van der Waals surface area contributed by atoms with Gasteiger partial charge in [-0.3, -0.25) is 0 Å². The number of aryl methyl sites for hydroxylation is 1. The lowest BCUT2D eigenvalue weighted by atomic mass is 10.1. The lowest BCUT2D eigenvalue weighted by Gasteiger charge is -2.25. The molecule has 0 atom stereocenters. The molecule has 0 radical (unpaired) electrons. The van der Waals surface area contributed by atoms with Gasteiger partial charge < -0.3 is 9.80 Å². The van der Waals surface area contributed by atoms with Gasteiger partial charge in [0.2, 0.25) is 0 Å². The van der Waals surface area contributed by atoms with Crippen molar-refractivity contribution in [1.82, 2.24) is 4.90 Å². The smallest absolute Gasteiger partial charge is 0.0393 e. The van der Waals surface area contributed by atoms with E-state index in [2.05, 4.69) is 68.9 Å². The minimum Gasteiger partial charge on any atom is -0.373 e. The summed E-state index contributed by atoms with van der Waals surface area (Å²) in [4.78, 5) is 4.80. The average molecular weight is 262 g/mol. The fourth-order valence-electron chi connectivity index (χ4n) is 2.31. The molecule has 1 rings (SSSR count). The number of rotatable bonds is 8. The first-order valence-electron chi connectivity index (χ1n) is 7.46. The van der Waals surface area contributed by atoms with Crippen molar-refractivity contribution < 1.29 is 0 Å². The van der Waals surface area contributed by atoms with Crippen LogP contribution < -0.4 is 4.90 Å². The van der Waals surface area contributed by atoms with E-state index < -0.39 is 0 Å². The monoisotopic (exact) mass is 262 g/mol. The van der Waals surface area contributed by atoms with Crippen LogP contribution in [0.15, 0.2) is 24.3 Å². The van der Waals surface area contributed by atoms with Crippen LogP contribution in [0.3, 0.4) is 0 Å². The summed E-state index contributed by atoms with van der Waals surface area (Å²) in [5.41, 5.74) is 2.70. The molecule has 0 N–H and O–H groups in total. The van der Waals surface area contributed by atoms with E-state index in [4.69, 9.17) is 0 Å². The van der Waals surface area contributed by atoms with Crippen molar-refractivity contribution in [1.29, 1.82) is 0 Å². The Morgan fingerprint density at radius 2 is 1.68 bits per heavy atom. The highest BCUT2D eigenvalue weighted by molar-refractivity contribution is 5.52. The second kappa shape index (κ2) is 8.21. The van der Waals surface area contributed by atoms with Gasteiger partial charge in [0, 0.05) is 25.8 Å². The molecule has 0 aliphatic carbocycles. The lowest BCUT2D eigenvalue weighted by Crippen LogP contribution is -2.31. The molecule has 1 aromatic carbocycles. The van der Waals surface area contributed by atoms with E-state index in [-0.39, 0.29) is 0 Å². The molecule has 2 heteroatoms. The van der Waals surface area contributed by atoms with Gasteiger partial charge in [0.25, 0.3) is 0 Å². The first-order chi connectivity index (χ1) is 9.00. The molecule has 0 heterocycles. The van der Waals surface area contributed by atoms with Crippen molar-refractivity contribution >= 4 is 5.69 Å². The highest BCUT2D eigenvalue weighted by Gasteiger charge is 2.05. The van der Waals surface area contributed by atoms with Gasteiger partial charge in [0.15, 0.2) is 0 Å². The van der Waals surface area contributed by atoms with Gasteiger partial charge in [-0.2, -0.15) is 0 Å². The Bertz CT molecular complexity index is 360. The lowest BCUT2D eigenvalue weighted by molar-refractivity contribution is 0.324. The molecule has 0 bridgehead atoms. The molecule has 0 fully saturated rings. The summed E-state index contributed by atoms with van der Waals surface area (Å²) in [6.07, 6.45) is 2.64. The first-order valence-corrected chi connectivity index (χ1v) is 7.46. The number of anilines is 1. The molecule has 0 aromatic heterocycles. The Hall–Kier alpha value is -1.02. The number of para-hydroxylation sites is 1. The molecular formula is C17H30N2. The topological polar surface area (TPSA) is 6.48 Å². The summed E-state index contributed by atoms with van der Waals surface area (Å²) in [5.74, 6) is 0.822. The second-order valence-electron chi connectivity index (χ2n) is 6.05. The van der Waals surface area contributed by atoms with Crippen LogP contribution in [0, 0.1) is 12.8 Å². The SMILES string of the molecule is Cc1ccccc1N(C)CCN(C)CCCC(C)C. The highest BCUT2D eigenvalue weighted by atomic mass is 15.2. The average Bonchev–Trinajstić information content (AvgIpc) is 2.36. The molecule has 1 aromatic rings. The van der Waals surface area contributed by atoms with Crippen molar-refractivity contribution in [3.05, 3.63) is 29.8 Å². The van der Waals surface area contributed by atoms with Crippen LogP contribution in [0.5, 0.6) is 0 Å². The van der Waals surface area contributed by atoms with Gasteiger partial charge in [-0.05, 0) is 50.9 Å². The van der Waals surface area contributed by atoms with Gasteiger partial charge in [0.05, 0.1) is 0 Å². The van der Waals surface area contributed by atoms with Crippen LogP contribution in [0.25, 0.3) is 0 Å². The number of benzene rings is 1. The number of hydrogen-bond acceptors (Lipinski definition) is 2. The van der Waals surface area contributed by atoms with E-state index in [0.29, 0.717) is 0 Å². The summed E-state index contributed by atoms with van der Waals surface area (Å²) in [6, 6.07) is 8.60. The van der Waals surface area contributed by atoms with Gasteiger partial charge in [-0.15, -0.1) is 0 Å². The third-order valence-corrected chi connectivity index (χ3v) is 3.67. The zero-order valence-electron chi connectivity index (χ0n) is 13.3. The van der Waals surface area contributed by atoms with Crippen molar-refractivity contribution in [2.45, 2.75) is 33.6 Å². The summed E-state index contributed by atoms with van der Waals surface area (Å²) < 4.78 is 0. The molecule has 0 unspecified atom stereocenters. The van der Waals surface area contributed by atoms with Crippen molar-refractivity contribution in [3.8, 4) is 0 Å². The van der Waals surface area contributed by atoms with Crippen LogP contribution in [0.2, 0.25) is 0 Å². The standard InChI is InChI=1S/C17H30N2/c1-15(2)9-8-12-18(4)13-14-19(5)17-11-7-6-10-16(17)3/h6-7,10-11,15H,8-9,12-14H2,1-5H3. The van der Waals surface area contributed by atoms with Crippen LogP contribution in [-0.2, 0) is 0 Å². The zero-order valence-corrected chi connectivity index (χ0v) is 13.3. The molecule has 108 valence electrons. The van der Waals surface area contributed by atoms with Crippen LogP contribution in [-0.4, -0.2) is 38.6 Å². The van der Waals surface area contributed by atoms with Crippen LogP contribution >= 0.6 is 0 Å². The molecular weight excluding hydrogens is 232 g/mol.